The van der Waals surface area contributed by atoms with Crippen LogP contribution in [-0.4, -0.2) is 32.5 Å². The zero-order valence-electron chi connectivity index (χ0n) is 11.3. The molecule has 1 N–H and O–H groups in total. The molecule has 0 amide bonds. The quantitative estimate of drug-likeness (QED) is 0.878. The van der Waals surface area contributed by atoms with Crippen LogP contribution in [0.5, 0.6) is 0 Å². The van der Waals surface area contributed by atoms with Crippen LogP contribution in [0.4, 0.5) is 4.39 Å². The first-order valence-corrected chi connectivity index (χ1v) is 8.45. The van der Waals surface area contributed by atoms with Gasteiger partial charge in [-0.15, -0.1) is 0 Å². The topological polar surface area (TPSA) is 46.2 Å². The van der Waals surface area contributed by atoms with Gasteiger partial charge in [0.15, 0.2) is 9.84 Å². The van der Waals surface area contributed by atoms with Crippen molar-refractivity contribution in [3.05, 3.63) is 34.6 Å². The molecule has 2 unspecified atom stereocenters. The second-order valence-corrected chi connectivity index (χ2v) is 7.45. The van der Waals surface area contributed by atoms with E-state index in [1.807, 2.05) is 6.92 Å². The number of sulfone groups is 1. The lowest BCUT2D eigenvalue weighted by molar-refractivity contribution is 0.493. The first-order valence-electron chi connectivity index (χ1n) is 6.12. The summed E-state index contributed by atoms with van der Waals surface area (Å²) < 4.78 is 36.3. The Bertz CT molecular complexity index is 533. The molecule has 0 spiro atoms. The fraction of sp³-hybridized carbons (Fsp3) is 0.538. The third-order valence-corrected chi connectivity index (χ3v) is 5.19. The van der Waals surface area contributed by atoms with E-state index < -0.39 is 20.9 Å². The number of nitrogens with one attached hydrogen (secondary N) is 1. The summed E-state index contributed by atoms with van der Waals surface area (Å²) in [6.07, 6.45) is 1.66. The molecule has 0 fully saturated rings. The van der Waals surface area contributed by atoms with Crippen molar-refractivity contribution in [3.8, 4) is 0 Å². The first-order chi connectivity index (χ1) is 8.75. The van der Waals surface area contributed by atoms with Crippen molar-refractivity contribution in [1.82, 2.24) is 5.32 Å². The highest BCUT2D eigenvalue weighted by molar-refractivity contribution is 7.91. The standard InChI is InChI=1S/C13H19ClFNO2S/c1-4-16-13(9(2)19(3,17)18)7-10-5-6-11(15)8-12(10)14/h5-6,8-9,13,16H,4,7H2,1-3H3. The van der Waals surface area contributed by atoms with Gasteiger partial charge in [0.1, 0.15) is 5.82 Å². The third-order valence-electron chi connectivity index (χ3n) is 3.16. The molecule has 0 aliphatic rings. The maximum Gasteiger partial charge on any atom is 0.151 e. The molecule has 1 aromatic rings. The van der Waals surface area contributed by atoms with Gasteiger partial charge in [-0.05, 0) is 37.6 Å². The molecule has 3 nitrogen and oxygen atoms in total. The molecule has 0 saturated heterocycles. The van der Waals surface area contributed by atoms with Gasteiger partial charge in [-0.1, -0.05) is 24.6 Å². The van der Waals surface area contributed by atoms with E-state index in [0.29, 0.717) is 18.0 Å². The summed E-state index contributed by atoms with van der Waals surface area (Å²) >= 11 is 5.98. The Hall–Kier alpha value is -0.650. The van der Waals surface area contributed by atoms with Crippen LogP contribution in [0.1, 0.15) is 19.4 Å². The van der Waals surface area contributed by atoms with Crippen molar-refractivity contribution in [2.75, 3.05) is 12.8 Å². The van der Waals surface area contributed by atoms with Gasteiger partial charge in [0.25, 0.3) is 0 Å². The maximum atomic E-state index is 13.0. The average molecular weight is 308 g/mol. The molecular formula is C13H19ClFNO2S. The fourth-order valence-corrected chi connectivity index (χ4v) is 2.92. The summed E-state index contributed by atoms with van der Waals surface area (Å²) in [5, 5.41) is 2.94. The molecule has 0 radical (unpaired) electrons. The zero-order chi connectivity index (χ0) is 14.6. The van der Waals surface area contributed by atoms with Crippen molar-refractivity contribution in [2.24, 2.45) is 0 Å². The highest BCUT2D eigenvalue weighted by Crippen LogP contribution is 2.20. The van der Waals surface area contributed by atoms with Gasteiger partial charge in [0.05, 0.1) is 5.25 Å². The van der Waals surface area contributed by atoms with Crippen LogP contribution >= 0.6 is 11.6 Å². The van der Waals surface area contributed by atoms with Crippen LogP contribution in [0.15, 0.2) is 18.2 Å². The van der Waals surface area contributed by atoms with Crippen molar-refractivity contribution in [3.63, 3.8) is 0 Å². The molecule has 108 valence electrons. The predicted octanol–water partition coefficient (Wildman–Crippen LogP) is 2.43. The Labute approximate surface area is 119 Å². The van der Waals surface area contributed by atoms with Crippen LogP contribution in [0, 0.1) is 5.82 Å². The Morgan fingerprint density at radius 3 is 2.53 bits per heavy atom. The summed E-state index contributed by atoms with van der Waals surface area (Å²) in [6.45, 7) is 4.23. The fourth-order valence-electron chi connectivity index (χ4n) is 1.89. The van der Waals surface area contributed by atoms with Crippen molar-refractivity contribution in [1.29, 1.82) is 0 Å². The molecule has 0 bridgehead atoms. The lowest BCUT2D eigenvalue weighted by Crippen LogP contribution is -2.43. The third kappa shape index (κ3) is 4.75. The van der Waals surface area contributed by atoms with Crippen molar-refractivity contribution >= 4 is 21.4 Å². The largest absolute Gasteiger partial charge is 0.313 e. The number of benzene rings is 1. The van der Waals surface area contributed by atoms with Crippen LogP contribution in [0.25, 0.3) is 0 Å². The normalized spacial score (nSPS) is 15.2. The summed E-state index contributed by atoms with van der Waals surface area (Å²) in [5.41, 5.74) is 0.740. The van der Waals surface area contributed by atoms with Gasteiger partial charge in [0.2, 0.25) is 0 Å². The molecule has 1 rings (SSSR count). The van der Waals surface area contributed by atoms with Gasteiger partial charge < -0.3 is 5.32 Å². The van der Waals surface area contributed by atoms with E-state index in [0.717, 1.165) is 5.56 Å². The molecule has 0 aliphatic heterocycles. The van der Waals surface area contributed by atoms with Crippen molar-refractivity contribution in [2.45, 2.75) is 31.6 Å². The van der Waals surface area contributed by atoms with Gasteiger partial charge >= 0.3 is 0 Å². The second-order valence-electron chi connectivity index (χ2n) is 4.64. The number of halogens is 2. The van der Waals surface area contributed by atoms with E-state index in [9.17, 15) is 12.8 Å². The van der Waals surface area contributed by atoms with Crippen LogP contribution in [0.2, 0.25) is 5.02 Å². The van der Waals surface area contributed by atoms with Gasteiger partial charge in [-0.25, -0.2) is 12.8 Å². The monoisotopic (exact) mass is 307 g/mol. The summed E-state index contributed by atoms with van der Waals surface area (Å²) in [4.78, 5) is 0. The molecule has 0 heterocycles. The molecule has 0 aromatic heterocycles. The van der Waals surface area contributed by atoms with E-state index in [-0.39, 0.29) is 6.04 Å². The molecule has 0 saturated carbocycles. The summed E-state index contributed by atoms with van der Waals surface area (Å²) in [6, 6.07) is 3.92. The average Bonchev–Trinajstić information content (AvgIpc) is 2.29. The van der Waals surface area contributed by atoms with Gasteiger partial charge in [-0.3, -0.25) is 0 Å². The first kappa shape index (κ1) is 16.4. The minimum atomic E-state index is -3.15. The van der Waals surface area contributed by atoms with Gasteiger partial charge in [0, 0.05) is 17.3 Å². The second kappa shape index (κ2) is 6.68. The van der Waals surface area contributed by atoms with E-state index in [2.05, 4.69) is 5.32 Å². The number of likely N-dealkylation sites (N-methyl/N-ethyl adjacent to an activating group) is 1. The van der Waals surface area contributed by atoms with Crippen LogP contribution < -0.4 is 5.32 Å². The summed E-state index contributed by atoms with van der Waals surface area (Å²) in [7, 11) is -3.15. The van der Waals surface area contributed by atoms with Crippen molar-refractivity contribution < 1.29 is 12.8 Å². The minimum absolute atomic E-state index is 0.247. The predicted molar refractivity (Wildman–Crippen MR) is 76.9 cm³/mol. The lowest BCUT2D eigenvalue weighted by Gasteiger charge is -2.24. The minimum Gasteiger partial charge on any atom is -0.313 e. The van der Waals surface area contributed by atoms with E-state index in [4.69, 9.17) is 11.6 Å². The zero-order valence-corrected chi connectivity index (χ0v) is 12.9. The van der Waals surface area contributed by atoms with E-state index in [1.54, 1.807) is 13.0 Å². The Morgan fingerprint density at radius 1 is 1.42 bits per heavy atom. The van der Waals surface area contributed by atoms with Crippen LogP contribution in [-0.2, 0) is 16.3 Å². The van der Waals surface area contributed by atoms with E-state index in [1.165, 1.54) is 18.4 Å². The van der Waals surface area contributed by atoms with Crippen LogP contribution in [0.3, 0.4) is 0 Å². The molecule has 0 aliphatic carbocycles. The molecule has 6 heteroatoms. The molecule has 1 aromatic carbocycles. The Morgan fingerprint density at radius 2 is 2.05 bits per heavy atom. The smallest absolute Gasteiger partial charge is 0.151 e. The number of rotatable bonds is 6. The molecular weight excluding hydrogens is 289 g/mol. The maximum absolute atomic E-state index is 13.0. The highest BCUT2D eigenvalue weighted by Gasteiger charge is 2.26. The SMILES string of the molecule is CCNC(Cc1ccc(F)cc1Cl)C(C)S(C)(=O)=O. The Kier molecular flexibility index (Phi) is 5.77. The molecule has 19 heavy (non-hydrogen) atoms. The Balaban J connectivity index is 2.96. The number of hydrogen-bond donors (Lipinski definition) is 1. The summed E-state index contributed by atoms with van der Waals surface area (Å²) in [5.74, 6) is -0.398. The lowest BCUT2D eigenvalue weighted by atomic mass is 10.0. The van der Waals surface area contributed by atoms with E-state index >= 15 is 0 Å². The highest BCUT2D eigenvalue weighted by atomic mass is 35.5. The number of hydrogen-bond acceptors (Lipinski definition) is 3. The molecule has 2 atom stereocenters. The van der Waals surface area contributed by atoms with Gasteiger partial charge in [-0.2, -0.15) is 0 Å².